The van der Waals surface area contributed by atoms with Gasteiger partial charge in [-0.25, -0.2) is 0 Å². The van der Waals surface area contributed by atoms with E-state index in [-0.39, 0.29) is 23.6 Å². The molecule has 5 heteroatoms. The maximum absolute atomic E-state index is 11.3. The Kier molecular flexibility index (Phi) is 4.68. The summed E-state index contributed by atoms with van der Waals surface area (Å²) in [5.41, 5.74) is 1.00. The summed E-state index contributed by atoms with van der Waals surface area (Å²) in [6.07, 6.45) is 0. The van der Waals surface area contributed by atoms with Gasteiger partial charge in [0, 0.05) is 12.3 Å². The number of nitriles is 2. The quantitative estimate of drug-likeness (QED) is 0.845. The van der Waals surface area contributed by atoms with E-state index < -0.39 is 0 Å². The minimum absolute atomic E-state index is 0.0294. The van der Waals surface area contributed by atoms with E-state index in [1.165, 1.54) is 12.1 Å². The molecule has 1 aromatic rings. The first-order chi connectivity index (χ1) is 8.21. The number of hydrogen-bond acceptors (Lipinski definition) is 4. The SMILES string of the molecule is CCOCC(=O)Nc1ccc(C#N)c(C#N)c1. The van der Waals surface area contributed by atoms with E-state index in [1.807, 2.05) is 12.1 Å². The van der Waals surface area contributed by atoms with Crippen LogP contribution in [0.25, 0.3) is 0 Å². The average Bonchev–Trinajstić information content (AvgIpc) is 2.36. The molecule has 0 aliphatic carbocycles. The molecule has 0 radical (unpaired) electrons. The van der Waals surface area contributed by atoms with Crippen LogP contribution in [0, 0.1) is 22.7 Å². The lowest BCUT2D eigenvalue weighted by molar-refractivity contribution is -0.120. The molecule has 0 aliphatic rings. The van der Waals surface area contributed by atoms with Gasteiger partial charge >= 0.3 is 0 Å². The van der Waals surface area contributed by atoms with Gasteiger partial charge in [-0.15, -0.1) is 0 Å². The molecule has 0 saturated carbocycles. The number of benzene rings is 1. The Morgan fingerprint density at radius 3 is 2.65 bits per heavy atom. The van der Waals surface area contributed by atoms with E-state index in [2.05, 4.69) is 5.32 Å². The van der Waals surface area contributed by atoms with Crippen molar-refractivity contribution in [2.24, 2.45) is 0 Å². The maximum atomic E-state index is 11.3. The van der Waals surface area contributed by atoms with Crippen LogP contribution in [0.15, 0.2) is 18.2 Å². The lowest BCUT2D eigenvalue weighted by Gasteiger charge is -2.05. The van der Waals surface area contributed by atoms with E-state index in [0.29, 0.717) is 12.3 Å². The third-order valence-electron chi connectivity index (χ3n) is 1.98. The molecule has 0 aromatic heterocycles. The van der Waals surface area contributed by atoms with Crippen LogP contribution in [0.2, 0.25) is 0 Å². The minimum atomic E-state index is -0.291. The third kappa shape index (κ3) is 3.60. The van der Waals surface area contributed by atoms with Gasteiger partial charge in [-0.3, -0.25) is 4.79 Å². The molecule has 1 N–H and O–H groups in total. The van der Waals surface area contributed by atoms with Crippen LogP contribution >= 0.6 is 0 Å². The molecule has 86 valence electrons. The summed E-state index contributed by atoms with van der Waals surface area (Å²) >= 11 is 0. The van der Waals surface area contributed by atoms with Crippen LogP contribution in [-0.4, -0.2) is 19.1 Å². The zero-order chi connectivity index (χ0) is 12.7. The summed E-state index contributed by atoms with van der Waals surface area (Å²) in [6.45, 7) is 2.23. The molecular formula is C12H11N3O2. The molecule has 0 saturated heterocycles. The highest BCUT2D eigenvalue weighted by Gasteiger charge is 2.05. The van der Waals surface area contributed by atoms with E-state index in [0.717, 1.165) is 0 Å². The summed E-state index contributed by atoms with van der Waals surface area (Å²) in [6, 6.07) is 8.33. The first-order valence-electron chi connectivity index (χ1n) is 5.03. The highest BCUT2D eigenvalue weighted by molar-refractivity contribution is 5.92. The average molecular weight is 229 g/mol. The molecule has 0 atom stereocenters. The fraction of sp³-hybridized carbons (Fsp3) is 0.250. The minimum Gasteiger partial charge on any atom is -0.372 e. The normalized spacial score (nSPS) is 9.12. The number of nitrogens with one attached hydrogen (secondary N) is 1. The largest absolute Gasteiger partial charge is 0.372 e. The Labute approximate surface area is 99.2 Å². The van der Waals surface area contributed by atoms with Gasteiger partial charge < -0.3 is 10.1 Å². The fourth-order valence-corrected chi connectivity index (χ4v) is 1.20. The second kappa shape index (κ2) is 6.26. The molecule has 0 unspecified atom stereocenters. The molecule has 0 aliphatic heterocycles. The van der Waals surface area contributed by atoms with E-state index in [1.54, 1.807) is 13.0 Å². The summed E-state index contributed by atoms with van der Waals surface area (Å²) in [5.74, 6) is -0.291. The smallest absolute Gasteiger partial charge is 0.250 e. The van der Waals surface area contributed by atoms with Crippen LogP contribution in [0.1, 0.15) is 18.1 Å². The lowest BCUT2D eigenvalue weighted by atomic mass is 10.1. The van der Waals surface area contributed by atoms with Gasteiger partial charge in [0.05, 0.1) is 11.1 Å². The molecule has 1 aromatic carbocycles. The van der Waals surface area contributed by atoms with Crippen molar-refractivity contribution in [3.05, 3.63) is 29.3 Å². The van der Waals surface area contributed by atoms with E-state index >= 15 is 0 Å². The second-order valence-corrected chi connectivity index (χ2v) is 3.17. The zero-order valence-corrected chi connectivity index (χ0v) is 9.36. The summed E-state index contributed by atoms with van der Waals surface area (Å²) in [5, 5.41) is 20.1. The van der Waals surface area contributed by atoms with Gasteiger partial charge in [0.25, 0.3) is 0 Å². The number of carbonyl (C=O) groups excluding carboxylic acids is 1. The van der Waals surface area contributed by atoms with Crippen molar-refractivity contribution >= 4 is 11.6 Å². The second-order valence-electron chi connectivity index (χ2n) is 3.17. The predicted molar refractivity (Wildman–Crippen MR) is 61.0 cm³/mol. The monoisotopic (exact) mass is 229 g/mol. The number of hydrogen-bond donors (Lipinski definition) is 1. The van der Waals surface area contributed by atoms with Crippen LogP contribution in [0.4, 0.5) is 5.69 Å². The Bertz CT molecular complexity index is 497. The Morgan fingerprint density at radius 2 is 2.06 bits per heavy atom. The van der Waals surface area contributed by atoms with Crippen LogP contribution < -0.4 is 5.32 Å². The van der Waals surface area contributed by atoms with Crippen molar-refractivity contribution in [3.63, 3.8) is 0 Å². The molecule has 0 bridgehead atoms. The molecule has 1 amide bonds. The standard InChI is InChI=1S/C12H11N3O2/c1-2-17-8-12(16)15-11-4-3-9(6-13)10(5-11)7-14/h3-5H,2,8H2,1H3,(H,15,16). The zero-order valence-electron chi connectivity index (χ0n) is 9.36. The van der Waals surface area contributed by atoms with Gasteiger partial charge in [0.1, 0.15) is 18.7 Å². The number of ether oxygens (including phenoxy) is 1. The van der Waals surface area contributed by atoms with E-state index in [4.69, 9.17) is 15.3 Å². The molecule has 1 rings (SSSR count). The van der Waals surface area contributed by atoms with Crippen molar-refractivity contribution in [2.45, 2.75) is 6.92 Å². The summed E-state index contributed by atoms with van der Waals surface area (Å²) in [4.78, 5) is 11.3. The van der Waals surface area contributed by atoms with Crippen LogP contribution in [0.5, 0.6) is 0 Å². The highest BCUT2D eigenvalue weighted by atomic mass is 16.5. The van der Waals surface area contributed by atoms with Crippen LogP contribution in [0.3, 0.4) is 0 Å². The van der Waals surface area contributed by atoms with Crippen molar-refractivity contribution in [1.29, 1.82) is 10.5 Å². The summed E-state index contributed by atoms with van der Waals surface area (Å²) in [7, 11) is 0. The van der Waals surface area contributed by atoms with Crippen molar-refractivity contribution < 1.29 is 9.53 Å². The molecule has 0 spiro atoms. The van der Waals surface area contributed by atoms with Gasteiger partial charge in [0.15, 0.2) is 0 Å². The predicted octanol–water partition coefficient (Wildman–Crippen LogP) is 1.40. The number of nitrogens with zero attached hydrogens (tertiary/aromatic N) is 2. The Hall–Kier alpha value is -2.37. The van der Waals surface area contributed by atoms with Crippen molar-refractivity contribution in [1.82, 2.24) is 0 Å². The fourth-order valence-electron chi connectivity index (χ4n) is 1.20. The van der Waals surface area contributed by atoms with Crippen LogP contribution in [-0.2, 0) is 9.53 Å². The number of carbonyl (C=O) groups is 1. The molecule has 0 heterocycles. The third-order valence-corrected chi connectivity index (χ3v) is 1.98. The molecule has 17 heavy (non-hydrogen) atoms. The first kappa shape index (κ1) is 12.7. The lowest BCUT2D eigenvalue weighted by Crippen LogP contribution is -2.18. The maximum Gasteiger partial charge on any atom is 0.250 e. The molecule has 5 nitrogen and oxygen atoms in total. The topological polar surface area (TPSA) is 85.9 Å². The summed E-state index contributed by atoms with van der Waals surface area (Å²) < 4.78 is 4.94. The van der Waals surface area contributed by atoms with Gasteiger partial charge in [-0.1, -0.05) is 0 Å². The van der Waals surface area contributed by atoms with Crippen molar-refractivity contribution in [2.75, 3.05) is 18.5 Å². The van der Waals surface area contributed by atoms with Crippen molar-refractivity contribution in [3.8, 4) is 12.1 Å². The van der Waals surface area contributed by atoms with Gasteiger partial charge in [-0.2, -0.15) is 10.5 Å². The molecular weight excluding hydrogens is 218 g/mol. The number of rotatable bonds is 4. The van der Waals surface area contributed by atoms with Gasteiger partial charge in [-0.05, 0) is 25.1 Å². The highest BCUT2D eigenvalue weighted by Crippen LogP contribution is 2.14. The Morgan fingerprint density at radius 1 is 1.35 bits per heavy atom. The van der Waals surface area contributed by atoms with Gasteiger partial charge in [0.2, 0.25) is 5.91 Å². The molecule has 0 fully saturated rings. The first-order valence-corrected chi connectivity index (χ1v) is 5.03. The van der Waals surface area contributed by atoms with E-state index in [9.17, 15) is 4.79 Å². The Balaban J connectivity index is 2.77. The number of amides is 1. The number of anilines is 1.